The van der Waals surface area contributed by atoms with Crippen LogP contribution in [0.5, 0.6) is 0 Å². The van der Waals surface area contributed by atoms with Crippen molar-refractivity contribution < 1.29 is 13.9 Å². The van der Waals surface area contributed by atoms with Gasteiger partial charge in [-0.15, -0.1) is 0 Å². The van der Waals surface area contributed by atoms with Gasteiger partial charge in [0.25, 0.3) is 0 Å². The summed E-state index contributed by atoms with van der Waals surface area (Å²) in [4.78, 5) is 4.98. The molecule has 1 spiro atoms. The van der Waals surface area contributed by atoms with Crippen LogP contribution in [0.3, 0.4) is 0 Å². The molecule has 0 radical (unpaired) electrons. The highest BCUT2D eigenvalue weighted by molar-refractivity contribution is 5.01. The molecule has 23 heavy (non-hydrogen) atoms. The molecule has 3 aliphatic rings. The van der Waals surface area contributed by atoms with E-state index in [1.165, 1.54) is 19.3 Å². The summed E-state index contributed by atoms with van der Waals surface area (Å²) in [6, 6.07) is 4.03. The lowest BCUT2D eigenvalue weighted by molar-refractivity contribution is -0.133. The number of rotatable bonds is 4. The lowest BCUT2D eigenvalue weighted by atomic mass is 9.90. The minimum Gasteiger partial charge on any atom is -0.468 e. The highest BCUT2D eigenvalue weighted by Gasteiger charge is 2.43. The van der Waals surface area contributed by atoms with E-state index in [4.69, 9.17) is 13.9 Å². The average molecular weight is 320 g/mol. The van der Waals surface area contributed by atoms with Crippen LogP contribution in [0, 0.1) is 0 Å². The zero-order valence-electron chi connectivity index (χ0n) is 13.9. The maximum Gasteiger partial charge on any atom is 0.117 e. The Hall–Kier alpha value is -0.880. The second-order valence-electron chi connectivity index (χ2n) is 7.27. The van der Waals surface area contributed by atoms with E-state index < -0.39 is 0 Å². The van der Waals surface area contributed by atoms with Crippen LogP contribution in [-0.4, -0.2) is 67.4 Å². The van der Waals surface area contributed by atoms with Crippen LogP contribution in [0.1, 0.15) is 31.4 Å². The van der Waals surface area contributed by atoms with Crippen molar-refractivity contribution in [2.24, 2.45) is 0 Å². The number of ether oxygens (including phenoxy) is 2. The SMILES string of the molecule is c1coc(CN2CC[C@@]3(CCC[C@@H](CN4CCOCC4)O3)C2)c1. The Kier molecular flexibility index (Phi) is 4.71. The molecule has 0 aliphatic carbocycles. The molecule has 5 nitrogen and oxygen atoms in total. The molecule has 3 saturated heterocycles. The molecule has 0 amide bonds. The van der Waals surface area contributed by atoms with Crippen molar-refractivity contribution in [3.05, 3.63) is 24.2 Å². The van der Waals surface area contributed by atoms with Crippen LogP contribution < -0.4 is 0 Å². The number of furan rings is 1. The standard InChI is InChI=1S/C18H28N2O3/c1-3-17(14-19-8-11-21-12-9-19)23-18(5-1)6-7-20(15-18)13-16-4-2-10-22-16/h2,4,10,17H,1,3,5-9,11-15H2/t17-,18-/m0/s1. The number of nitrogens with zero attached hydrogens (tertiary/aromatic N) is 2. The number of hydrogen-bond donors (Lipinski definition) is 0. The van der Waals surface area contributed by atoms with Gasteiger partial charge in [-0.2, -0.15) is 0 Å². The van der Waals surface area contributed by atoms with E-state index in [9.17, 15) is 0 Å². The minimum atomic E-state index is 0.0851. The highest BCUT2D eigenvalue weighted by Crippen LogP contribution is 2.37. The van der Waals surface area contributed by atoms with Crippen molar-refractivity contribution in [2.75, 3.05) is 45.9 Å². The summed E-state index contributed by atoms with van der Waals surface area (Å²) < 4.78 is 17.6. The minimum absolute atomic E-state index is 0.0851. The molecule has 4 rings (SSSR count). The van der Waals surface area contributed by atoms with Crippen molar-refractivity contribution >= 4 is 0 Å². The molecule has 0 unspecified atom stereocenters. The van der Waals surface area contributed by atoms with Gasteiger partial charge >= 0.3 is 0 Å². The Labute approximate surface area is 138 Å². The highest BCUT2D eigenvalue weighted by atomic mass is 16.5. The summed E-state index contributed by atoms with van der Waals surface area (Å²) in [5.74, 6) is 1.06. The van der Waals surface area contributed by atoms with Crippen LogP contribution >= 0.6 is 0 Å². The fraction of sp³-hybridized carbons (Fsp3) is 0.778. The Balaban J connectivity index is 1.31. The van der Waals surface area contributed by atoms with Gasteiger partial charge in [-0.05, 0) is 37.8 Å². The van der Waals surface area contributed by atoms with Crippen LogP contribution in [-0.2, 0) is 16.0 Å². The van der Waals surface area contributed by atoms with E-state index in [-0.39, 0.29) is 5.60 Å². The molecule has 3 fully saturated rings. The summed E-state index contributed by atoms with van der Waals surface area (Å²) in [7, 11) is 0. The molecule has 1 aromatic rings. The lowest BCUT2D eigenvalue weighted by Gasteiger charge is -2.41. The maximum atomic E-state index is 6.63. The van der Waals surface area contributed by atoms with E-state index in [1.807, 2.05) is 6.07 Å². The van der Waals surface area contributed by atoms with Crippen molar-refractivity contribution in [1.82, 2.24) is 9.80 Å². The Morgan fingerprint density at radius 2 is 2.04 bits per heavy atom. The lowest BCUT2D eigenvalue weighted by Crippen LogP contribution is -2.48. The maximum absolute atomic E-state index is 6.63. The largest absolute Gasteiger partial charge is 0.468 e. The number of hydrogen-bond acceptors (Lipinski definition) is 5. The quantitative estimate of drug-likeness (QED) is 0.850. The molecular formula is C18H28N2O3. The monoisotopic (exact) mass is 320 g/mol. The van der Waals surface area contributed by atoms with Gasteiger partial charge in [0, 0.05) is 32.7 Å². The van der Waals surface area contributed by atoms with E-state index in [2.05, 4.69) is 15.9 Å². The molecule has 0 aromatic carbocycles. The second kappa shape index (κ2) is 6.93. The zero-order valence-corrected chi connectivity index (χ0v) is 13.9. The molecule has 1 aromatic heterocycles. The van der Waals surface area contributed by atoms with Gasteiger partial charge in [0.2, 0.25) is 0 Å². The molecule has 2 atom stereocenters. The zero-order chi connectivity index (χ0) is 15.5. The van der Waals surface area contributed by atoms with E-state index in [0.717, 1.165) is 64.7 Å². The van der Waals surface area contributed by atoms with Gasteiger partial charge in [-0.3, -0.25) is 9.80 Å². The number of likely N-dealkylation sites (tertiary alicyclic amines) is 1. The van der Waals surface area contributed by atoms with Gasteiger partial charge < -0.3 is 13.9 Å². The summed E-state index contributed by atoms with van der Waals surface area (Å²) in [6.45, 7) is 7.99. The second-order valence-corrected chi connectivity index (χ2v) is 7.27. The van der Waals surface area contributed by atoms with E-state index in [0.29, 0.717) is 6.10 Å². The molecule has 0 saturated carbocycles. The summed E-state index contributed by atoms with van der Waals surface area (Å²) in [5.41, 5.74) is 0.0851. The molecule has 3 aliphatic heterocycles. The molecule has 5 heteroatoms. The normalized spacial score (nSPS) is 33.5. The molecule has 4 heterocycles. The van der Waals surface area contributed by atoms with Crippen molar-refractivity contribution in [3.63, 3.8) is 0 Å². The van der Waals surface area contributed by atoms with Crippen molar-refractivity contribution in [1.29, 1.82) is 0 Å². The first kappa shape index (κ1) is 15.6. The first-order valence-corrected chi connectivity index (χ1v) is 9.04. The Morgan fingerprint density at radius 3 is 2.87 bits per heavy atom. The smallest absolute Gasteiger partial charge is 0.117 e. The van der Waals surface area contributed by atoms with Crippen LogP contribution in [0.15, 0.2) is 22.8 Å². The first-order valence-electron chi connectivity index (χ1n) is 9.04. The third kappa shape index (κ3) is 3.79. The third-order valence-electron chi connectivity index (χ3n) is 5.50. The van der Waals surface area contributed by atoms with Gasteiger partial charge in [0.05, 0.1) is 37.7 Å². The summed E-state index contributed by atoms with van der Waals surface area (Å²) in [5, 5.41) is 0. The van der Waals surface area contributed by atoms with Crippen LogP contribution in [0.2, 0.25) is 0 Å². The van der Waals surface area contributed by atoms with Crippen molar-refractivity contribution in [2.45, 2.75) is 43.9 Å². The summed E-state index contributed by atoms with van der Waals surface area (Å²) in [6.07, 6.45) is 7.02. The van der Waals surface area contributed by atoms with E-state index >= 15 is 0 Å². The molecule has 0 bridgehead atoms. The van der Waals surface area contributed by atoms with Gasteiger partial charge in [0.15, 0.2) is 0 Å². The predicted molar refractivity (Wildman–Crippen MR) is 87.3 cm³/mol. The summed E-state index contributed by atoms with van der Waals surface area (Å²) >= 11 is 0. The van der Waals surface area contributed by atoms with Gasteiger partial charge in [0.1, 0.15) is 5.76 Å². The fourth-order valence-electron chi connectivity index (χ4n) is 4.31. The third-order valence-corrected chi connectivity index (χ3v) is 5.50. The topological polar surface area (TPSA) is 38.1 Å². The van der Waals surface area contributed by atoms with Gasteiger partial charge in [-0.1, -0.05) is 0 Å². The fourth-order valence-corrected chi connectivity index (χ4v) is 4.31. The molecular weight excluding hydrogens is 292 g/mol. The molecule has 0 N–H and O–H groups in total. The number of morpholine rings is 1. The van der Waals surface area contributed by atoms with Crippen LogP contribution in [0.4, 0.5) is 0 Å². The predicted octanol–water partition coefficient (Wildman–Crippen LogP) is 2.13. The molecule has 128 valence electrons. The van der Waals surface area contributed by atoms with Crippen LogP contribution in [0.25, 0.3) is 0 Å². The van der Waals surface area contributed by atoms with Crippen molar-refractivity contribution in [3.8, 4) is 0 Å². The van der Waals surface area contributed by atoms with Gasteiger partial charge in [-0.25, -0.2) is 0 Å². The Morgan fingerprint density at radius 1 is 1.13 bits per heavy atom. The Bertz CT molecular complexity index is 486. The first-order chi connectivity index (χ1) is 11.3. The van der Waals surface area contributed by atoms with E-state index in [1.54, 1.807) is 6.26 Å². The average Bonchev–Trinajstić information content (AvgIpc) is 3.20.